The van der Waals surface area contributed by atoms with Gasteiger partial charge in [0.25, 0.3) is 0 Å². The van der Waals surface area contributed by atoms with Crippen molar-refractivity contribution >= 4 is 11.6 Å². The minimum atomic E-state index is -0.506. The summed E-state index contributed by atoms with van der Waals surface area (Å²) in [6, 6.07) is 14.7. The van der Waals surface area contributed by atoms with Crippen molar-refractivity contribution in [3.8, 4) is 11.5 Å². The lowest BCUT2D eigenvalue weighted by molar-refractivity contribution is 0.170. The number of hydrogen-bond donors (Lipinski definition) is 1. The lowest BCUT2D eigenvalue weighted by Gasteiger charge is -2.14. The van der Waals surface area contributed by atoms with Crippen LogP contribution < -0.4 is 4.74 Å². The van der Waals surface area contributed by atoms with Gasteiger partial charge < -0.3 is 9.84 Å². The summed E-state index contributed by atoms with van der Waals surface area (Å²) in [6.45, 7) is 1.93. The summed E-state index contributed by atoms with van der Waals surface area (Å²) in [5.41, 5.74) is 0.801. The van der Waals surface area contributed by atoms with Crippen molar-refractivity contribution in [2.75, 3.05) is 0 Å². The minimum absolute atomic E-state index is 0.506. The maximum atomic E-state index is 9.93. The van der Waals surface area contributed by atoms with Gasteiger partial charge in [-0.2, -0.15) is 0 Å². The van der Waals surface area contributed by atoms with Gasteiger partial charge in [0.2, 0.25) is 0 Å². The molecule has 0 aromatic heterocycles. The SMILES string of the molecule is CC[C@H](O)c1ccccc1Oc1ccc(Cl)cc1. The van der Waals surface area contributed by atoms with Gasteiger partial charge in [-0.25, -0.2) is 0 Å². The van der Waals surface area contributed by atoms with Crippen LogP contribution in [0.25, 0.3) is 0 Å². The van der Waals surface area contributed by atoms with Gasteiger partial charge in [-0.15, -0.1) is 0 Å². The molecule has 3 heteroatoms. The van der Waals surface area contributed by atoms with Crippen molar-refractivity contribution in [3.05, 3.63) is 59.1 Å². The van der Waals surface area contributed by atoms with Crippen LogP contribution in [0.15, 0.2) is 48.5 Å². The summed E-state index contributed by atoms with van der Waals surface area (Å²) < 4.78 is 5.77. The van der Waals surface area contributed by atoms with Crippen molar-refractivity contribution in [1.82, 2.24) is 0 Å². The molecule has 0 aliphatic carbocycles. The van der Waals surface area contributed by atoms with Crippen LogP contribution in [0.3, 0.4) is 0 Å². The molecule has 0 spiro atoms. The molecule has 0 fully saturated rings. The second kappa shape index (κ2) is 5.89. The van der Waals surface area contributed by atoms with Gasteiger partial charge in [-0.1, -0.05) is 36.7 Å². The summed E-state index contributed by atoms with van der Waals surface area (Å²) >= 11 is 5.82. The van der Waals surface area contributed by atoms with E-state index in [4.69, 9.17) is 16.3 Å². The molecular weight excluding hydrogens is 248 g/mol. The second-order valence-corrected chi connectivity index (χ2v) is 4.45. The fourth-order valence-electron chi connectivity index (χ4n) is 1.70. The van der Waals surface area contributed by atoms with E-state index < -0.39 is 6.10 Å². The third kappa shape index (κ3) is 3.03. The molecule has 0 saturated heterocycles. The monoisotopic (exact) mass is 262 g/mol. The van der Waals surface area contributed by atoms with Gasteiger partial charge in [-0.05, 0) is 36.8 Å². The minimum Gasteiger partial charge on any atom is -0.457 e. The molecule has 0 amide bonds. The summed E-state index contributed by atoms with van der Waals surface area (Å²) in [7, 11) is 0. The molecule has 0 bridgehead atoms. The molecule has 0 radical (unpaired) electrons. The predicted molar refractivity (Wildman–Crippen MR) is 73.2 cm³/mol. The van der Waals surface area contributed by atoms with Crippen LogP contribution in [0.1, 0.15) is 25.0 Å². The van der Waals surface area contributed by atoms with Crippen LogP contribution in [0, 0.1) is 0 Å². The highest BCUT2D eigenvalue weighted by Crippen LogP contribution is 2.31. The van der Waals surface area contributed by atoms with Crippen LogP contribution >= 0.6 is 11.6 Å². The van der Waals surface area contributed by atoms with Crippen LogP contribution in [-0.4, -0.2) is 5.11 Å². The fourth-order valence-corrected chi connectivity index (χ4v) is 1.82. The molecule has 18 heavy (non-hydrogen) atoms. The molecule has 0 aliphatic heterocycles. The normalized spacial score (nSPS) is 12.2. The maximum Gasteiger partial charge on any atom is 0.133 e. The van der Waals surface area contributed by atoms with Crippen LogP contribution in [0.5, 0.6) is 11.5 Å². The van der Waals surface area contributed by atoms with Gasteiger partial charge in [0.05, 0.1) is 6.10 Å². The van der Waals surface area contributed by atoms with Crippen LogP contribution in [-0.2, 0) is 0 Å². The van der Waals surface area contributed by atoms with E-state index in [0.29, 0.717) is 22.9 Å². The topological polar surface area (TPSA) is 29.5 Å². The first-order valence-electron chi connectivity index (χ1n) is 5.91. The third-order valence-corrected chi connectivity index (χ3v) is 2.96. The highest BCUT2D eigenvalue weighted by molar-refractivity contribution is 6.30. The summed E-state index contributed by atoms with van der Waals surface area (Å²) in [5, 5.41) is 10.6. The standard InChI is InChI=1S/C15H15ClO2/c1-2-14(17)13-5-3-4-6-15(13)18-12-9-7-11(16)8-10-12/h3-10,14,17H,2H2,1H3/t14-/m0/s1. The highest BCUT2D eigenvalue weighted by atomic mass is 35.5. The molecule has 1 N–H and O–H groups in total. The van der Waals surface area contributed by atoms with Crippen LogP contribution in [0.2, 0.25) is 5.02 Å². The average molecular weight is 263 g/mol. The lowest BCUT2D eigenvalue weighted by atomic mass is 10.1. The van der Waals surface area contributed by atoms with E-state index in [1.807, 2.05) is 31.2 Å². The zero-order valence-electron chi connectivity index (χ0n) is 10.1. The number of halogens is 1. The number of hydrogen-bond acceptors (Lipinski definition) is 2. The molecule has 0 unspecified atom stereocenters. The van der Waals surface area contributed by atoms with Crippen molar-refractivity contribution in [1.29, 1.82) is 0 Å². The Bertz CT molecular complexity index is 508. The van der Waals surface area contributed by atoms with Crippen molar-refractivity contribution in [2.45, 2.75) is 19.4 Å². The van der Waals surface area contributed by atoms with Crippen molar-refractivity contribution < 1.29 is 9.84 Å². The second-order valence-electron chi connectivity index (χ2n) is 4.02. The molecular formula is C15H15ClO2. The summed E-state index contributed by atoms with van der Waals surface area (Å²) in [4.78, 5) is 0. The Labute approximate surface area is 112 Å². The quantitative estimate of drug-likeness (QED) is 0.874. The van der Waals surface area contributed by atoms with E-state index in [1.54, 1.807) is 24.3 Å². The van der Waals surface area contributed by atoms with Crippen molar-refractivity contribution in [3.63, 3.8) is 0 Å². The number of aliphatic hydroxyl groups excluding tert-OH is 1. The molecule has 2 nitrogen and oxygen atoms in total. The Morgan fingerprint density at radius 2 is 1.78 bits per heavy atom. The van der Waals surface area contributed by atoms with E-state index in [-0.39, 0.29) is 0 Å². The summed E-state index contributed by atoms with van der Waals surface area (Å²) in [5.74, 6) is 1.38. The van der Waals surface area contributed by atoms with Gasteiger partial charge in [0.1, 0.15) is 11.5 Å². The number of para-hydroxylation sites is 1. The predicted octanol–water partition coefficient (Wildman–Crippen LogP) is 4.58. The van der Waals surface area contributed by atoms with Gasteiger partial charge >= 0.3 is 0 Å². The van der Waals surface area contributed by atoms with E-state index in [1.165, 1.54) is 0 Å². The van der Waals surface area contributed by atoms with Gasteiger partial charge in [-0.3, -0.25) is 0 Å². The smallest absolute Gasteiger partial charge is 0.133 e. The molecule has 0 aliphatic rings. The Kier molecular flexibility index (Phi) is 4.24. The van der Waals surface area contributed by atoms with Crippen LogP contribution in [0.4, 0.5) is 0 Å². The molecule has 1 atom stereocenters. The Balaban J connectivity index is 2.26. The highest BCUT2D eigenvalue weighted by Gasteiger charge is 2.11. The first-order chi connectivity index (χ1) is 8.70. The molecule has 0 heterocycles. The Hall–Kier alpha value is -1.51. The van der Waals surface area contributed by atoms with Gasteiger partial charge in [0.15, 0.2) is 0 Å². The zero-order chi connectivity index (χ0) is 13.0. The van der Waals surface area contributed by atoms with E-state index in [2.05, 4.69) is 0 Å². The third-order valence-electron chi connectivity index (χ3n) is 2.71. The maximum absolute atomic E-state index is 9.93. The molecule has 94 valence electrons. The largest absolute Gasteiger partial charge is 0.457 e. The van der Waals surface area contributed by atoms with E-state index >= 15 is 0 Å². The van der Waals surface area contributed by atoms with E-state index in [0.717, 1.165) is 5.56 Å². The molecule has 0 saturated carbocycles. The number of benzene rings is 2. The Morgan fingerprint density at radius 1 is 1.11 bits per heavy atom. The fraction of sp³-hybridized carbons (Fsp3) is 0.200. The van der Waals surface area contributed by atoms with Crippen molar-refractivity contribution in [2.24, 2.45) is 0 Å². The molecule has 2 aromatic rings. The molecule has 2 aromatic carbocycles. The molecule has 2 rings (SSSR count). The van der Waals surface area contributed by atoms with Gasteiger partial charge in [0, 0.05) is 10.6 Å². The Morgan fingerprint density at radius 3 is 2.44 bits per heavy atom. The lowest BCUT2D eigenvalue weighted by Crippen LogP contribution is -1.98. The summed E-state index contributed by atoms with van der Waals surface area (Å²) in [6.07, 6.45) is 0.148. The first-order valence-corrected chi connectivity index (χ1v) is 6.29. The average Bonchev–Trinajstić information content (AvgIpc) is 2.41. The number of aliphatic hydroxyl groups is 1. The first kappa shape index (κ1) is 12.9. The number of rotatable bonds is 4. The van der Waals surface area contributed by atoms with E-state index in [9.17, 15) is 5.11 Å². The zero-order valence-corrected chi connectivity index (χ0v) is 10.9. The number of ether oxygens (including phenoxy) is 1.